The summed E-state index contributed by atoms with van der Waals surface area (Å²) >= 11 is 7.29. The Morgan fingerprint density at radius 2 is 2.07 bits per heavy atom. The summed E-state index contributed by atoms with van der Waals surface area (Å²) in [5, 5.41) is 15.1. The second kappa shape index (κ2) is 8.69. The van der Waals surface area contributed by atoms with Crippen molar-refractivity contribution in [1.29, 1.82) is 0 Å². The second-order valence-corrected chi connectivity index (χ2v) is 7.56. The Bertz CT molecular complexity index is 1070. The molecule has 0 saturated carbocycles. The van der Waals surface area contributed by atoms with Crippen molar-refractivity contribution in [3.63, 3.8) is 0 Å². The maximum atomic E-state index is 12.6. The summed E-state index contributed by atoms with van der Waals surface area (Å²) in [7, 11) is 0. The number of rotatable bonds is 7. The minimum Gasteiger partial charge on any atom is -0.488 e. The summed E-state index contributed by atoms with van der Waals surface area (Å²) in [5.74, 6) is 0.628. The Kier molecular flexibility index (Phi) is 5.84. The molecule has 0 aliphatic carbocycles. The van der Waals surface area contributed by atoms with Crippen LogP contribution in [0.3, 0.4) is 0 Å². The van der Waals surface area contributed by atoms with Crippen LogP contribution in [-0.2, 0) is 0 Å². The van der Waals surface area contributed by atoms with E-state index in [1.54, 1.807) is 36.5 Å². The summed E-state index contributed by atoms with van der Waals surface area (Å²) in [6.07, 6.45) is 1.79. The summed E-state index contributed by atoms with van der Waals surface area (Å²) < 4.78 is 5.75. The van der Waals surface area contributed by atoms with Crippen LogP contribution >= 0.6 is 22.9 Å². The number of ether oxygens (including phenoxy) is 1. The molecule has 4 rings (SSSR count). The zero-order valence-corrected chi connectivity index (χ0v) is 16.8. The van der Waals surface area contributed by atoms with E-state index >= 15 is 0 Å². The first-order valence-corrected chi connectivity index (χ1v) is 10.2. The molecule has 0 saturated heterocycles. The fourth-order valence-electron chi connectivity index (χ4n) is 2.87. The number of ketones is 1. The summed E-state index contributed by atoms with van der Waals surface area (Å²) in [6, 6.07) is 8.70. The number of aliphatic hydroxyl groups is 1. The van der Waals surface area contributed by atoms with Gasteiger partial charge in [0.25, 0.3) is 0 Å². The third-order valence-corrected chi connectivity index (χ3v) is 5.27. The normalized spacial score (nSPS) is 13.0. The van der Waals surface area contributed by atoms with Crippen LogP contribution in [-0.4, -0.2) is 46.3 Å². The molecule has 1 aromatic carbocycles. The Balaban J connectivity index is 1.60. The van der Waals surface area contributed by atoms with E-state index in [1.807, 2.05) is 5.38 Å². The number of aliphatic hydroxyl groups excluding tert-OH is 1. The predicted molar refractivity (Wildman–Crippen MR) is 114 cm³/mol. The Morgan fingerprint density at radius 1 is 1.24 bits per heavy atom. The molecule has 9 heteroatoms. The Hall–Kier alpha value is -2.81. The minimum absolute atomic E-state index is 0.0175. The van der Waals surface area contributed by atoms with Crippen LogP contribution in [0.1, 0.15) is 16.8 Å². The van der Waals surface area contributed by atoms with Crippen molar-refractivity contribution in [2.45, 2.75) is 6.42 Å². The highest BCUT2D eigenvalue weighted by Crippen LogP contribution is 2.36. The largest absolute Gasteiger partial charge is 0.488 e. The van der Waals surface area contributed by atoms with E-state index in [0.29, 0.717) is 50.8 Å². The molecule has 148 valence electrons. The van der Waals surface area contributed by atoms with Gasteiger partial charge in [0.15, 0.2) is 10.9 Å². The Labute approximate surface area is 176 Å². The molecular weight excluding hydrogens is 412 g/mol. The van der Waals surface area contributed by atoms with Crippen LogP contribution in [0.2, 0.25) is 5.02 Å². The average molecular weight is 429 g/mol. The first kappa shape index (κ1) is 19.5. The standard InChI is InChI=1S/C20H17ClN4O3S/c21-12-1-3-14(4-2-12)28-10-13-9-17(27)15-5-6-22-19(18(15)24-13)16-11-29-20(25-16)23-7-8-26/h1-6,11,26H,7-10H2,(H,23,25). The van der Waals surface area contributed by atoms with Crippen molar-refractivity contribution >= 4 is 45.3 Å². The molecule has 3 heterocycles. The molecule has 1 aliphatic rings. The summed E-state index contributed by atoms with van der Waals surface area (Å²) in [4.78, 5) is 26.2. The van der Waals surface area contributed by atoms with Gasteiger partial charge in [-0.25, -0.2) is 4.98 Å². The van der Waals surface area contributed by atoms with Crippen molar-refractivity contribution in [3.8, 4) is 17.1 Å². The van der Waals surface area contributed by atoms with Gasteiger partial charge >= 0.3 is 0 Å². The summed E-state index contributed by atoms with van der Waals surface area (Å²) in [6.45, 7) is 0.626. The number of carbonyl (C=O) groups excluding carboxylic acids is 1. The van der Waals surface area contributed by atoms with Crippen LogP contribution in [0.25, 0.3) is 11.4 Å². The summed E-state index contributed by atoms with van der Waals surface area (Å²) in [5.41, 5.74) is 2.85. The van der Waals surface area contributed by atoms with Gasteiger partial charge in [0.1, 0.15) is 29.4 Å². The lowest BCUT2D eigenvalue weighted by Crippen LogP contribution is -2.20. The van der Waals surface area contributed by atoms with Gasteiger partial charge in [-0.05, 0) is 30.3 Å². The molecule has 2 N–H and O–H groups in total. The molecule has 0 radical (unpaired) electrons. The predicted octanol–water partition coefficient (Wildman–Crippen LogP) is 4.00. The molecule has 0 atom stereocenters. The van der Waals surface area contributed by atoms with E-state index in [-0.39, 0.29) is 25.4 Å². The number of anilines is 1. The number of aliphatic imine (C=N–C) groups is 1. The number of hydrogen-bond donors (Lipinski definition) is 2. The Morgan fingerprint density at radius 3 is 2.86 bits per heavy atom. The molecule has 0 spiro atoms. The molecular formula is C20H17ClN4O3S. The van der Waals surface area contributed by atoms with Crippen LogP contribution in [0, 0.1) is 0 Å². The topological polar surface area (TPSA) is 96.7 Å². The average Bonchev–Trinajstić information content (AvgIpc) is 3.20. The SMILES string of the molecule is O=C1CC(COc2ccc(Cl)cc2)=Nc2c1ccnc2-c1csc(NCCO)n1. The van der Waals surface area contributed by atoms with Crippen LogP contribution in [0.4, 0.5) is 10.8 Å². The van der Waals surface area contributed by atoms with E-state index in [9.17, 15) is 4.79 Å². The molecule has 1 aliphatic heterocycles. The van der Waals surface area contributed by atoms with Crippen LogP contribution < -0.4 is 10.1 Å². The molecule has 0 amide bonds. The van der Waals surface area contributed by atoms with E-state index in [0.717, 1.165) is 0 Å². The lowest BCUT2D eigenvalue weighted by Gasteiger charge is -2.17. The number of hydrogen-bond acceptors (Lipinski definition) is 8. The number of nitrogens with zero attached hydrogens (tertiary/aromatic N) is 3. The highest BCUT2D eigenvalue weighted by molar-refractivity contribution is 7.14. The molecule has 7 nitrogen and oxygen atoms in total. The van der Waals surface area contributed by atoms with E-state index in [1.165, 1.54) is 11.3 Å². The third kappa shape index (κ3) is 4.45. The van der Waals surface area contributed by atoms with Crippen molar-refractivity contribution in [2.75, 3.05) is 25.1 Å². The van der Waals surface area contributed by atoms with E-state index in [4.69, 9.17) is 21.4 Å². The number of halogens is 1. The highest BCUT2D eigenvalue weighted by Gasteiger charge is 2.24. The first-order chi connectivity index (χ1) is 14.1. The van der Waals surface area contributed by atoms with Crippen molar-refractivity contribution in [2.24, 2.45) is 4.99 Å². The van der Waals surface area contributed by atoms with Gasteiger partial charge in [-0.3, -0.25) is 14.8 Å². The third-order valence-electron chi connectivity index (χ3n) is 4.21. The van der Waals surface area contributed by atoms with Crippen LogP contribution in [0.5, 0.6) is 5.75 Å². The van der Waals surface area contributed by atoms with Gasteiger partial charge in [0.05, 0.1) is 18.7 Å². The number of pyridine rings is 1. The number of thiazole rings is 1. The van der Waals surface area contributed by atoms with E-state index in [2.05, 4.69) is 20.3 Å². The van der Waals surface area contributed by atoms with Gasteiger partial charge in [-0.2, -0.15) is 0 Å². The minimum atomic E-state index is -0.0257. The fourth-order valence-corrected chi connectivity index (χ4v) is 3.72. The van der Waals surface area contributed by atoms with Crippen molar-refractivity contribution in [1.82, 2.24) is 9.97 Å². The quantitative estimate of drug-likeness (QED) is 0.590. The number of carbonyl (C=O) groups is 1. The van der Waals surface area contributed by atoms with Gasteiger partial charge in [0, 0.05) is 28.7 Å². The maximum Gasteiger partial charge on any atom is 0.183 e. The van der Waals surface area contributed by atoms with Crippen LogP contribution in [0.15, 0.2) is 46.9 Å². The number of benzene rings is 1. The van der Waals surface area contributed by atoms with Gasteiger partial charge in [0.2, 0.25) is 0 Å². The lowest BCUT2D eigenvalue weighted by atomic mass is 9.99. The van der Waals surface area contributed by atoms with Crippen molar-refractivity contribution in [3.05, 3.63) is 52.5 Å². The number of nitrogens with one attached hydrogen (secondary N) is 1. The van der Waals surface area contributed by atoms with E-state index < -0.39 is 0 Å². The smallest absolute Gasteiger partial charge is 0.183 e. The lowest BCUT2D eigenvalue weighted by molar-refractivity contribution is 0.0998. The number of aromatic nitrogens is 2. The molecule has 0 fully saturated rings. The number of fused-ring (bicyclic) bond motifs is 1. The highest BCUT2D eigenvalue weighted by atomic mass is 35.5. The molecule has 3 aromatic rings. The van der Waals surface area contributed by atoms with Gasteiger partial charge in [-0.1, -0.05) is 11.6 Å². The van der Waals surface area contributed by atoms with Gasteiger partial charge < -0.3 is 15.2 Å². The maximum absolute atomic E-state index is 12.6. The fraction of sp³-hybridized carbons (Fsp3) is 0.200. The zero-order chi connectivity index (χ0) is 20.2. The molecule has 29 heavy (non-hydrogen) atoms. The first-order valence-electron chi connectivity index (χ1n) is 8.91. The molecule has 0 unspecified atom stereocenters. The monoisotopic (exact) mass is 428 g/mol. The second-order valence-electron chi connectivity index (χ2n) is 6.26. The number of Topliss-reactive ketones (excluding diaryl/α,β-unsaturated/α-hetero) is 1. The molecule has 2 aromatic heterocycles. The van der Waals surface area contributed by atoms with Gasteiger partial charge in [-0.15, -0.1) is 11.3 Å². The van der Waals surface area contributed by atoms with Crippen molar-refractivity contribution < 1.29 is 14.6 Å². The molecule has 0 bridgehead atoms. The zero-order valence-electron chi connectivity index (χ0n) is 15.3.